The number of anilines is 1. The fraction of sp³-hybridized carbons (Fsp3) is 0.417. The summed E-state index contributed by atoms with van der Waals surface area (Å²) in [5.41, 5.74) is 1.03. The molecule has 1 aliphatic rings. The van der Waals surface area contributed by atoms with E-state index in [1.807, 2.05) is 6.92 Å². The minimum absolute atomic E-state index is 0.0783. The van der Waals surface area contributed by atoms with E-state index in [1.165, 1.54) is 12.1 Å². The maximum Gasteiger partial charge on any atom is 0.139 e. The second kappa shape index (κ2) is 4.69. The van der Waals surface area contributed by atoms with Crippen LogP contribution in [-0.4, -0.2) is 18.9 Å². The lowest BCUT2D eigenvalue weighted by molar-refractivity contribution is -0.122. The number of carbonyl (C=O) groups excluding carboxylic acids is 1. The highest BCUT2D eigenvalue weighted by Crippen LogP contribution is 2.26. The van der Waals surface area contributed by atoms with E-state index < -0.39 is 0 Å². The van der Waals surface area contributed by atoms with Crippen LogP contribution in [0.2, 0.25) is 0 Å². The summed E-state index contributed by atoms with van der Waals surface area (Å²) in [6.07, 6.45) is 0.592. The van der Waals surface area contributed by atoms with Crippen LogP contribution >= 0.6 is 22.6 Å². The quantitative estimate of drug-likeness (QED) is 0.737. The van der Waals surface area contributed by atoms with Gasteiger partial charge < -0.3 is 4.90 Å². The Balaban J connectivity index is 2.21. The van der Waals surface area contributed by atoms with Gasteiger partial charge in [0.15, 0.2) is 0 Å². The summed E-state index contributed by atoms with van der Waals surface area (Å²) in [5, 5.41) is 0. The van der Waals surface area contributed by atoms with E-state index in [0.29, 0.717) is 12.2 Å². The van der Waals surface area contributed by atoms with Crippen LogP contribution in [0.4, 0.5) is 10.1 Å². The zero-order valence-electron chi connectivity index (χ0n) is 9.04. The normalized spacial score (nSPS) is 21.3. The number of piperidine rings is 1. The Labute approximate surface area is 108 Å². The zero-order chi connectivity index (χ0) is 11.7. The number of rotatable bonds is 1. The first-order chi connectivity index (χ1) is 7.58. The molecular weight excluding hydrogens is 320 g/mol. The lowest BCUT2D eigenvalue weighted by Gasteiger charge is -2.32. The Bertz CT molecular complexity index is 421. The van der Waals surface area contributed by atoms with Crippen LogP contribution in [0.5, 0.6) is 0 Å². The van der Waals surface area contributed by atoms with E-state index >= 15 is 0 Å². The molecule has 0 radical (unpaired) electrons. The maximum absolute atomic E-state index is 13.0. The average molecular weight is 333 g/mol. The van der Waals surface area contributed by atoms with Gasteiger partial charge >= 0.3 is 0 Å². The third kappa shape index (κ3) is 2.36. The van der Waals surface area contributed by atoms with Crippen LogP contribution in [-0.2, 0) is 4.79 Å². The second-order valence-electron chi connectivity index (χ2n) is 4.16. The van der Waals surface area contributed by atoms with Gasteiger partial charge in [0, 0.05) is 29.0 Å². The SMILES string of the molecule is CC1CN(c2ccc(F)cc2I)CCC1=O. The zero-order valence-corrected chi connectivity index (χ0v) is 11.2. The minimum atomic E-state index is -0.214. The maximum atomic E-state index is 13.0. The first-order valence-electron chi connectivity index (χ1n) is 5.30. The monoisotopic (exact) mass is 333 g/mol. The van der Waals surface area contributed by atoms with E-state index in [1.54, 1.807) is 6.07 Å². The lowest BCUT2D eigenvalue weighted by atomic mass is 9.98. The number of Topliss-reactive ketones (excluding diaryl/α,β-unsaturated/α-hetero) is 1. The first-order valence-corrected chi connectivity index (χ1v) is 6.38. The third-order valence-corrected chi connectivity index (χ3v) is 3.79. The Hall–Kier alpha value is -0.650. The fourth-order valence-electron chi connectivity index (χ4n) is 1.97. The summed E-state index contributed by atoms with van der Waals surface area (Å²) in [4.78, 5) is 13.6. The Kier molecular flexibility index (Phi) is 3.47. The van der Waals surface area contributed by atoms with Crippen molar-refractivity contribution in [3.8, 4) is 0 Å². The molecule has 1 atom stereocenters. The summed E-state index contributed by atoms with van der Waals surface area (Å²) in [5.74, 6) is 0.192. The highest BCUT2D eigenvalue weighted by atomic mass is 127. The van der Waals surface area contributed by atoms with Crippen molar-refractivity contribution in [1.82, 2.24) is 0 Å². The molecule has 0 amide bonds. The summed E-state index contributed by atoms with van der Waals surface area (Å²) >= 11 is 2.13. The van der Waals surface area contributed by atoms with Crippen molar-refractivity contribution < 1.29 is 9.18 Å². The smallest absolute Gasteiger partial charge is 0.139 e. The largest absolute Gasteiger partial charge is 0.370 e. The van der Waals surface area contributed by atoms with Crippen molar-refractivity contribution in [1.29, 1.82) is 0 Å². The highest BCUT2D eigenvalue weighted by Gasteiger charge is 2.24. The average Bonchev–Trinajstić information content (AvgIpc) is 2.22. The molecule has 0 aliphatic carbocycles. The summed E-state index contributed by atoms with van der Waals surface area (Å²) in [6, 6.07) is 4.79. The predicted octanol–water partition coefficient (Wildman–Crippen LogP) is 2.85. The topological polar surface area (TPSA) is 20.3 Å². The van der Waals surface area contributed by atoms with Gasteiger partial charge in [-0.25, -0.2) is 4.39 Å². The summed E-state index contributed by atoms with van der Waals surface area (Å²) in [7, 11) is 0. The van der Waals surface area contributed by atoms with E-state index in [0.717, 1.165) is 22.3 Å². The molecule has 0 bridgehead atoms. The van der Waals surface area contributed by atoms with Gasteiger partial charge in [0.05, 0.1) is 5.69 Å². The Morgan fingerprint density at radius 1 is 1.50 bits per heavy atom. The molecule has 2 nitrogen and oxygen atoms in total. The fourth-order valence-corrected chi connectivity index (χ4v) is 2.79. The molecule has 1 aromatic rings. The molecule has 1 unspecified atom stereocenters. The van der Waals surface area contributed by atoms with Gasteiger partial charge in [0.25, 0.3) is 0 Å². The predicted molar refractivity (Wildman–Crippen MR) is 70.1 cm³/mol. The number of halogens is 2. The number of hydrogen-bond acceptors (Lipinski definition) is 2. The first kappa shape index (κ1) is 11.8. The molecular formula is C12H13FINO. The van der Waals surface area contributed by atoms with Crippen LogP contribution in [0.15, 0.2) is 18.2 Å². The van der Waals surface area contributed by atoms with E-state index in [4.69, 9.17) is 0 Å². The highest BCUT2D eigenvalue weighted by molar-refractivity contribution is 14.1. The molecule has 4 heteroatoms. The van der Waals surface area contributed by atoms with Crippen LogP contribution in [0.3, 0.4) is 0 Å². The molecule has 1 aliphatic heterocycles. The van der Waals surface area contributed by atoms with Crippen molar-refractivity contribution in [3.63, 3.8) is 0 Å². The van der Waals surface area contributed by atoms with Crippen molar-refractivity contribution in [2.75, 3.05) is 18.0 Å². The number of nitrogens with zero attached hydrogens (tertiary/aromatic N) is 1. The molecule has 1 fully saturated rings. The molecule has 0 N–H and O–H groups in total. The lowest BCUT2D eigenvalue weighted by Crippen LogP contribution is -2.39. The minimum Gasteiger partial charge on any atom is -0.370 e. The van der Waals surface area contributed by atoms with Gasteiger partial charge in [-0.2, -0.15) is 0 Å². The van der Waals surface area contributed by atoms with Crippen LogP contribution in [0, 0.1) is 15.3 Å². The van der Waals surface area contributed by atoms with E-state index in [-0.39, 0.29) is 11.7 Å². The Morgan fingerprint density at radius 3 is 2.88 bits per heavy atom. The molecule has 0 saturated carbocycles. The Morgan fingerprint density at radius 2 is 2.25 bits per heavy atom. The van der Waals surface area contributed by atoms with Gasteiger partial charge in [0.2, 0.25) is 0 Å². The second-order valence-corrected chi connectivity index (χ2v) is 5.32. The molecule has 86 valence electrons. The number of ketones is 1. The van der Waals surface area contributed by atoms with Crippen LogP contribution < -0.4 is 4.90 Å². The van der Waals surface area contributed by atoms with Crippen LogP contribution in [0.1, 0.15) is 13.3 Å². The molecule has 1 aromatic carbocycles. The molecule has 0 aromatic heterocycles. The van der Waals surface area contributed by atoms with Gasteiger partial charge in [-0.15, -0.1) is 0 Å². The molecule has 2 rings (SSSR count). The van der Waals surface area contributed by atoms with Crippen molar-refractivity contribution >= 4 is 34.1 Å². The number of hydrogen-bond donors (Lipinski definition) is 0. The molecule has 0 spiro atoms. The number of carbonyl (C=O) groups is 1. The van der Waals surface area contributed by atoms with Crippen molar-refractivity contribution in [2.24, 2.45) is 5.92 Å². The van der Waals surface area contributed by atoms with E-state index in [2.05, 4.69) is 27.5 Å². The summed E-state index contributed by atoms with van der Waals surface area (Å²) < 4.78 is 13.9. The van der Waals surface area contributed by atoms with Crippen molar-refractivity contribution in [2.45, 2.75) is 13.3 Å². The van der Waals surface area contributed by atoms with E-state index in [9.17, 15) is 9.18 Å². The third-order valence-electron chi connectivity index (χ3n) is 2.92. The van der Waals surface area contributed by atoms with Gasteiger partial charge in [-0.1, -0.05) is 6.92 Å². The van der Waals surface area contributed by atoms with Gasteiger partial charge in [-0.05, 0) is 40.8 Å². The van der Waals surface area contributed by atoms with Gasteiger partial charge in [0.1, 0.15) is 11.6 Å². The standard InChI is InChI=1S/C12H13FINO/c1-8-7-15(5-4-12(8)16)11-3-2-9(13)6-10(11)14/h2-3,6,8H,4-5,7H2,1H3. The van der Waals surface area contributed by atoms with Gasteiger partial charge in [-0.3, -0.25) is 4.79 Å². The van der Waals surface area contributed by atoms with Crippen LogP contribution in [0.25, 0.3) is 0 Å². The molecule has 1 saturated heterocycles. The molecule has 16 heavy (non-hydrogen) atoms. The summed E-state index contributed by atoms with van der Waals surface area (Å²) in [6.45, 7) is 3.43. The van der Waals surface area contributed by atoms with Crippen molar-refractivity contribution in [3.05, 3.63) is 27.6 Å². The number of benzene rings is 1. The molecule has 1 heterocycles.